The van der Waals surface area contributed by atoms with E-state index in [4.69, 9.17) is 11.6 Å². The first kappa shape index (κ1) is 13.2. The van der Waals surface area contributed by atoms with E-state index in [0.29, 0.717) is 6.54 Å². The number of halogens is 1. The van der Waals surface area contributed by atoms with E-state index >= 15 is 0 Å². The first-order valence-corrected chi connectivity index (χ1v) is 5.90. The second-order valence-corrected chi connectivity index (χ2v) is 4.35. The van der Waals surface area contributed by atoms with E-state index in [1.54, 1.807) is 30.3 Å². The lowest BCUT2D eigenvalue weighted by molar-refractivity contribution is -0.384. The van der Waals surface area contributed by atoms with Crippen LogP contribution in [0.3, 0.4) is 0 Å². The number of rotatable bonds is 4. The first-order chi connectivity index (χ1) is 9.06. The van der Waals surface area contributed by atoms with E-state index in [2.05, 4.69) is 5.32 Å². The molecule has 0 aromatic heterocycles. The Kier molecular flexibility index (Phi) is 3.87. The van der Waals surface area contributed by atoms with Gasteiger partial charge in [-0.25, -0.2) is 0 Å². The molecular weight excluding hydrogens is 268 g/mol. The Bertz CT molecular complexity index is 617. The molecule has 2 N–H and O–H groups in total. The lowest BCUT2D eigenvalue weighted by atomic mass is 10.2. The largest absolute Gasteiger partial charge is 0.508 e. The lowest BCUT2D eigenvalue weighted by Gasteiger charge is -2.07. The van der Waals surface area contributed by atoms with Crippen LogP contribution in [0, 0.1) is 10.1 Å². The summed E-state index contributed by atoms with van der Waals surface area (Å²) in [5, 5.41) is 23.3. The van der Waals surface area contributed by atoms with Gasteiger partial charge >= 0.3 is 0 Å². The van der Waals surface area contributed by atoms with Gasteiger partial charge in [0.05, 0.1) is 4.92 Å². The predicted molar refractivity (Wildman–Crippen MR) is 73.5 cm³/mol. The van der Waals surface area contributed by atoms with Gasteiger partial charge in [-0.05, 0) is 23.8 Å². The number of nitro groups is 1. The Morgan fingerprint density at radius 3 is 2.74 bits per heavy atom. The number of nitrogens with zero attached hydrogens (tertiary/aromatic N) is 1. The van der Waals surface area contributed by atoms with Gasteiger partial charge in [-0.1, -0.05) is 23.7 Å². The SMILES string of the molecule is O=[N+]([O-])c1cc(CNc2cccc(O)c2)ccc1Cl. The second kappa shape index (κ2) is 5.58. The van der Waals surface area contributed by atoms with Gasteiger partial charge in [0.1, 0.15) is 10.8 Å². The van der Waals surface area contributed by atoms with E-state index in [1.165, 1.54) is 12.1 Å². The molecule has 0 unspecified atom stereocenters. The number of nitrogens with one attached hydrogen (secondary N) is 1. The maximum Gasteiger partial charge on any atom is 0.288 e. The molecule has 98 valence electrons. The molecule has 5 nitrogen and oxygen atoms in total. The predicted octanol–water partition coefficient (Wildman–Crippen LogP) is 3.57. The summed E-state index contributed by atoms with van der Waals surface area (Å²) >= 11 is 5.73. The fourth-order valence-electron chi connectivity index (χ4n) is 1.63. The lowest BCUT2D eigenvalue weighted by Crippen LogP contribution is -2.00. The fraction of sp³-hybridized carbons (Fsp3) is 0.0769. The Labute approximate surface area is 114 Å². The van der Waals surface area contributed by atoms with Crippen LogP contribution in [0.1, 0.15) is 5.56 Å². The topological polar surface area (TPSA) is 75.4 Å². The maximum absolute atomic E-state index is 10.8. The van der Waals surface area contributed by atoms with Crippen molar-refractivity contribution in [2.75, 3.05) is 5.32 Å². The van der Waals surface area contributed by atoms with Crippen LogP contribution in [0.2, 0.25) is 5.02 Å². The smallest absolute Gasteiger partial charge is 0.288 e. The minimum absolute atomic E-state index is 0.114. The number of hydrogen-bond acceptors (Lipinski definition) is 4. The highest BCUT2D eigenvalue weighted by Crippen LogP contribution is 2.25. The molecule has 2 aromatic carbocycles. The zero-order chi connectivity index (χ0) is 13.8. The fourth-order valence-corrected chi connectivity index (χ4v) is 1.81. The molecule has 0 atom stereocenters. The van der Waals surface area contributed by atoms with E-state index in [1.807, 2.05) is 0 Å². The minimum Gasteiger partial charge on any atom is -0.508 e. The Morgan fingerprint density at radius 2 is 2.05 bits per heavy atom. The summed E-state index contributed by atoms with van der Waals surface area (Å²) in [7, 11) is 0. The summed E-state index contributed by atoms with van der Waals surface area (Å²) in [4.78, 5) is 10.2. The number of hydrogen-bond donors (Lipinski definition) is 2. The number of benzene rings is 2. The van der Waals surface area contributed by atoms with Gasteiger partial charge in [0.25, 0.3) is 5.69 Å². The summed E-state index contributed by atoms with van der Waals surface area (Å²) in [6.07, 6.45) is 0. The van der Waals surface area contributed by atoms with Gasteiger partial charge in [0, 0.05) is 24.4 Å². The molecule has 0 aliphatic rings. The molecule has 2 aromatic rings. The molecule has 0 heterocycles. The Hall–Kier alpha value is -2.27. The van der Waals surface area contributed by atoms with Crippen LogP contribution in [0.5, 0.6) is 5.75 Å². The Balaban J connectivity index is 2.12. The van der Waals surface area contributed by atoms with Gasteiger partial charge in [-0.15, -0.1) is 0 Å². The van der Waals surface area contributed by atoms with Crippen molar-refractivity contribution in [3.8, 4) is 5.75 Å². The number of phenols is 1. The molecule has 0 spiro atoms. The Morgan fingerprint density at radius 1 is 1.26 bits per heavy atom. The molecule has 0 amide bonds. The van der Waals surface area contributed by atoms with Gasteiger partial charge in [0.2, 0.25) is 0 Å². The monoisotopic (exact) mass is 278 g/mol. The summed E-state index contributed by atoms with van der Waals surface area (Å²) in [6.45, 7) is 0.404. The molecule has 0 aliphatic carbocycles. The standard InChI is InChI=1S/C13H11ClN2O3/c14-12-5-4-9(6-13(12)16(18)19)8-15-10-2-1-3-11(17)7-10/h1-7,15,17H,8H2. The average molecular weight is 279 g/mol. The molecule has 19 heavy (non-hydrogen) atoms. The number of anilines is 1. The van der Waals surface area contributed by atoms with E-state index < -0.39 is 4.92 Å². The van der Waals surface area contributed by atoms with Crippen LogP contribution in [0.4, 0.5) is 11.4 Å². The van der Waals surface area contributed by atoms with Gasteiger partial charge in [-0.2, -0.15) is 0 Å². The number of phenolic OH excluding ortho intramolecular Hbond substituents is 1. The van der Waals surface area contributed by atoms with Crippen LogP contribution in [0.15, 0.2) is 42.5 Å². The highest BCUT2D eigenvalue weighted by molar-refractivity contribution is 6.32. The third kappa shape index (κ3) is 3.35. The molecule has 0 aliphatic heterocycles. The third-order valence-corrected chi connectivity index (χ3v) is 2.87. The second-order valence-electron chi connectivity index (χ2n) is 3.95. The third-order valence-electron chi connectivity index (χ3n) is 2.55. The van der Waals surface area contributed by atoms with E-state index in [0.717, 1.165) is 11.3 Å². The molecule has 0 saturated heterocycles. The van der Waals surface area contributed by atoms with Crippen molar-refractivity contribution in [1.82, 2.24) is 0 Å². The van der Waals surface area contributed by atoms with Crippen molar-refractivity contribution < 1.29 is 10.0 Å². The van der Waals surface area contributed by atoms with E-state index in [-0.39, 0.29) is 16.5 Å². The van der Waals surface area contributed by atoms with Crippen molar-refractivity contribution in [3.05, 3.63) is 63.2 Å². The summed E-state index contributed by atoms with van der Waals surface area (Å²) in [6, 6.07) is 11.3. The molecule has 0 radical (unpaired) electrons. The van der Waals surface area contributed by atoms with Crippen molar-refractivity contribution in [2.24, 2.45) is 0 Å². The van der Waals surface area contributed by atoms with Crippen molar-refractivity contribution in [1.29, 1.82) is 0 Å². The first-order valence-electron chi connectivity index (χ1n) is 5.52. The normalized spacial score (nSPS) is 10.2. The maximum atomic E-state index is 10.8. The van der Waals surface area contributed by atoms with Gasteiger partial charge in [0.15, 0.2) is 0 Å². The number of aromatic hydroxyl groups is 1. The zero-order valence-electron chi connectivity index (χ0n) is 9.84. The van der Waals surface area contributed by atoms with Gasteiger partial charge < -0.3 is 10.4 Å². The van der Waals surface area contributed by atoms with Crippen LogP contribution in [-0.2, 0) is 6.54 Å². The van der Waals surface area contributed by atoms with Crippen LogP contribution in [0.25, 0.3) is 0 Å². The minimum atomic E-state index is -0.514. The summed E-state index contributed by atoms with van der Waals surface area (Å²) < 4.78 is 0. The molecule has 6 heteroatoms. The van der Waals surface area contributed by atoms with Crippen molar-refractivity contribution in [3.63, 3.8) is 0 Å². The van der Waals surface area contributed by atoms with E-state index in [9.17, 15) is 15.2 Å². The summed E-state index contributed by atoms with van der Waals surface area (Å²) in [5.74, 6) is 0.159. The van der Waals surface area contributed by atoms with Crippen molar-refractivity contribution >= 4 is 23.0 Å². The van der Waals surface area contributed by atoms with Crippen LogP contribution >= 0.6 is 11.6 Å². The quantitative estimate of drug-likeness (QED) is 0.662. The highest BCUT2D eigenvalue weighted by Gasteiger charge is 2.12. The molecule has 2 rings (SSSR count). The van der Waals surface area contributed by atoms with Crippen molar-refractivity contribution in [2.45, 2.75) is 6.54 Å². The molecule has 0 fully saturated rings. The number of nitro benzene ring substituents is 1. The average Bonchev–Trinajstić information content (AvgIpc) is 2.37. The van der Waals surface area contributed by atoms with Crippen LogP contribution < -0.4 is 5.32 Å². The van der Waals surface area contributed by atoms with Gasteiger partial charge in [-0.3, -0.25) is 10.1 Å². The molecule has 0 bridgehead atoms. The molecular formula is C13H11ClN2O3. The highest BCUT2D eigenvalue weighted by atomic mass is 35.5. The molecule has 0 saturated carbocycles. The van der Waals surface area contributed by atoms with Crippen LogP contribution in [-0.4, -0.2) is 10.0 Å². The zero-order valence-corrected chi connectivity index (χ0v) is 10.6. The summed E-state index contributed by atoms with van der Waals surface area (Å²) in [5.41, 5.74) is 1.36.